The highest BCUT2D eigenvalue weighted by Gasteiger charge is 2.35. The van der Waals surface area contributed by atoms with E-state index in [0.717, 1.165) is 54.3 Å². The van der Waals surface area contributed by atoms with Crippen LogP contribution in [0.4, 0.5) is 10.6 Å². The third kappa shape index (κ3) is 10.4. The Morgan fingerprint density at radius 2 is 1.57 bits per heavy atom. The summed E-state index contributed by atoms with van der Waals surface area (Å²) in [6.07, 6.45) is 6.27. The van der Waals surface area contributed by atoms with Crippen molar-refractivity contribution in [3.63, 3.8) is 0 Å². The first-order chi connectivity index (χ1) is 24.3. The zero-order valence-electron chi connectivity index (χ0n) is 30.3. The highest BCUT2D eigenvalue weighted by molar-refractivity contribution is 5.98. The van der Waals surface area contributed by atoms with Crippen LogP contribution in [0, 0.1) is 0 Å². The Morgan fingerprint density at radius 1 is 0.882 bits per heavy atom. The molecule has 1 aliphatic heterocycles. The largest absolute Gasteiger partial charge is 0.444 e. The molecule has 0 bridgehead atoms. The second kappa shape index (κ2) is 16.2. The standard InChI is InChI=1S/C40H50N6O5/c1-39(2,3)51-38(50)44-40(4,5)37(49)42-33(19-13-16-28-14-7-6-8-15-28)35(47)43-34-26-45(27-41-34)25-32(36(48)46-22-11-12-23-46)31-21-20-29-17-9-10-18-30(29)24-31/h6-10,14-15,17-18,20-21,24,26-27,32-33H,11-13,16,19,22-23,25H2,1-5H3,(H,42,49)(H,43,47)(H,44,50)/t32?,33-/m1/s1. The summed E-state index contributed by atoms with van der Waals surface area (Å²) in [4.78, 5) is 59.9. The zero-order chi connectivity index (χ0) is 36.6. The fourth-order valence-corrected chi connectivity index (χ4v) is 6.24. The zero-order valence-corrected chi connectivity index (χ0v) is 30.3. The molecule has 0 aliphatic carbocycles. The lowest BCUT2D eigenvalue weighted by Gasteiger charge is -2.29. The number of nitrogens with one attached hydrogen (secondary N) is 3. The summed E-state index contributed by atoms with van der Waals surface area (Å²) in [5.41, 5.74) is -0.0509. The number of hydrogen-bond donors (Lipinski definition) is 3. The van der Waals surface area contributed by atoms with Crippen LogP contribution in [0.3, 0.4) is 0 Å². The van der Waals surface area contributed by atoms with Gasteiger partial charge in [-0.25, -0.2) is 9.78 Å². The van der Waals surface area contributed by atoms with Crippen molar-refractivity contribution < 1.29 is 23.9 Å². The molecular formula is C40H50N6O5. The molecule has 3 N–H and O–H groups in total. The summed E-state index contributed by atoms with van der Waals surface area (Å²) in [6, 6.07) is 23.2. The molecule has 1 unspecified atom stereocenters. The van der Waals surface area contributed by atoms with Crippen molar-refractivity contribution in [1.82, 2.24) is 25.1 Å². The summed E-state index contributed by atoms with van der Waals surface area (Å²) < 4.78 is 7.17. The van der Waals surface area contributed by atoms with E-state index in [1.165, 1.54) is 0 Å². The Labute approximate surface area is 300 Å². The number of amides is 4. The minimum Gasteiger partial charge on any atom is -0.444 e. The number of fused-ring (bicyclic) bond motifs is 1. The highest BCUT2D eigenvalue weighted by atomic mass is 16.6. The predicted molar refractivity (Wildman–Crippen MR) is 198 cm³/mol. The summed E-state index contributed by atoms with van der Waals surface area (Å²) in [7, 11) is 0. The number of imidazole rings is 1. The van der Waals surface area contributed by atoms with Crippen molar-refractivity contribution in [2.45, 2.75) is 96.4 Å². The number of alkyl carbamates (subject to hydrolysis) is 1. The van der Waals surface area contributed by atoms with E-state index in [4.69, 9.17) is 4.74 Å². The van der Waals surface area contributed by atoms with Crippen molar-refractivity contribution in [3.8, 4) is 0 Å². The minimum absolute atomic E-state index is 0.0749. The van der Waals surface area contributed by atoms with E-state index in [1.54, 1.807) is 47.1 Å². The number of aryl methyl sites for hydroxylation is 1. The van der Waals surface area contributed by atoms with E-state index >= 15 is 0 Å². The van der Waals surface area contributed by atoms with E-state index in [1.807, 2.05) is 70.1 Å². The van der Waals surface area contributed by atoms with Gasteiger partial charge in [0.25, 0.3) is 0 Å². The van der Waals surface area contributed by atoms with Gasteiger partial charge in [0, 0.05) is 25.8 Å². The monoisotopic (exact) mass is 694 g/mol. The molecule has 1 fully saturated rings. The fourth-order valence-electron chi connectivity index (χ4n) is 6.24. The smallest absolute Gasteiger partial charge is 0.408 e. The maximum atomic E-state index is 13.8. The molecule has 4 amide bonds. The number of aromatic nitrogens is 2. The van der Waals surface area contributed by atoms with Gasteiger partial charge in [-0.3, -0.25) is 14.4 Å². The Morgan fingerprint density at radius 3 is 2.27 bits per heavy atom. The molecule has 11 nitrogen and oxygen atoms in total. The number of carbonyl (C=O) groups excluding carboxylic acids is 4. The van der Waals surface area contributed by atoms with Crippen LogP contribution >= 0.6 is 0 Å². The predicted octanol–water partition coefficient (Wildman–Crippen LogP) is 6.19. The van der Waals surface area contributed by atoms with E-state index in [-0.39, 0.29) is 5.91 Å². The number of hydrogen-bond acceptors (Lipinski definition) is 6. The lowest BCUT2D eigenvalue weighted by Crippen LogP contribution is -2.58. The summed E-state index contributed by atoms with van der Waals surface area (Å²) in [5, 5.41) is 10.5. The van der Waals surface area contributed by atoms with E-state index in [2.05, 4.69) is 33.1 Å². The van der Waals surface area contributed by atoms with Crippen molar-refractivity contribution >= 4 is 40.4 Å². The van der Waals surface area contributed by atoms with Gasteiger partial charge in [-0.2, -0.15) is 0 Å². The van der Waals surface area contributed by atoms with Crippen LogP contribution in [-0.4, -0.2) is 68.5 Å². The molecular weight excluding hydrogens is 644 g/mol. The van der Waals surface area contributed by atoms with Gasteiger partial charge >= 0.3 is 6.09 Å². The molecule has 1 saturated heterocycles. The molecule has 3 aromatic carbocycles. The second-order valence-electron chi connectivity index (χ2n) is 14.8. The molecule has 51 heavy (non-hydrogen) atoms. The number of ether oxygens (including phenoxy) is 1. The van der Waals surface area contributed by atoms with Gasteiger partial charge in [-0.1, -0.05) is 72.8 Å². The minimum atomic E-state index is -1.36. The van der Waals surface area contributed by atoms with Crippen LogP contribution in [0.2, 0.25) is 0 Å². The normalized spacial score (nSPS) is 14.5. The van der Waals surface area contributed by atoms with Gasteiger partial charge in [0.15, 0.2) is 5.82 Å². The molecule has 1 aliphatic rings. The third-order valence-corrected chi connectivity index (χ3v) is 8.97. The molecule has 1 aromatic heterocycles. The SMILES string of the molecule is CC(C)(C)OC(=O)NC(C)(C)C(=O)N[C@H](CCCc1ccccc1)C(=O)Nc1cn(CC(C(=O)N2CCCC2)c2ccc3ccccc3c2)cn1. The summed E-state index contributed by atoms with van der Waals surface area (Å²) >= 11 is 0. The summed E-state index contributed by atoms with van der Waals surface area (Å²) in [6.45, 7) is 10.2. The lowest BCUT2D eigenvalue weighted by atomic mass is 9.94. The van der Waals surface area contributed by atoms with Crippen LogP contribution < -0.4 is 16.0 Å². The van der Waals surface area contributed by atoms with Crippen molar-refractivity contribution in [3.05, 3.63) is 96.4 Å². The average molecular weight is 695 g/mol. The Bertz CT molecular complexity index is 1820. The second-order valence-corrected chi connectivity index (χ2v) is 14.8. The van der Waals surface area contributed by atoms with E-state index in [0.29, 0.717) is 25.2 Å². The van der Waals surface area contributed by atoms with Crippen molar-refractivity contribution in [1.29, 1.82) is 0 Å². The Balaban J connectivity index is 1.30. The maximum absolute atomic E-state index is 13.8. The Hall–Kier alpha value is -5.19. The van der Waals surface area contributed by atoms with Crippen LogP contribution in [-0.2, 0) is 32.1 Å². The van der Waals surface area contributed by atoms with Gasteiger partial charge < -0.3 is 30.2 Å². The quantitative estimate of drug-likeness (QED) is 0.153. The molecule has 0 spiro atoms. The first-order valence-corrected chi connectivity index (χ1v) is 17.7. The first-order valence-electron chi connectivity index (χ1n) is 17.7. The molecule has 2 atom stereocenters. The van der Waals surface area contributed by atoms with Gasteiger partial charge in [-0.15, -0.1) is 0 Å². The topological polar surface area (TPSA) is 135 Å². The molecule has 4 aromatic rings. The number of nitrogens with zero attached hydrogens (tertiary/aromatic N) is 3. The van der Waals surface area contributed by atoms with Crippen LogP contribution in [0.15, 0.2) is 85.3 Å². The van der Waals surface area contributed by atoms with Crippen LogP contribution in [0.25, 0.3) is 10.8 Å². The number of carbonyl (C=O) groups is 4. The number of benzene rings is 3. The average Bonchev–Trinajstić information content (AvgIpc) is 3.78. The van der Waals surface area contributed by atoms with Crippen LogP contribution in [0.5, 0.6) is 0 Å². The molecule has 5 rings (SSSR count). The fraction of sp³-hybridized carbons (Fsp3) is 0.425. The molecule has 11 heteroatoms. The van der Waals surface area contributed by atoms with Crippen molar-refractivity contribution in [2.75, 3.05) is 18.4 Å². The molecule has 2 heterocycles. The molecule has 0 radical (unpaired) electrons. The summed E-state index contributed by atoms with van der Waals surface area (Å²) in [5.74, 6) is -1.02. The highest BCUT2D eigenvalue weighted by Crippen LogP contribution is 2.27. The number of likely N-dealkylation sites (tertiary alicyclic amines) is 1. The van der Waals surface area contributed by atoms with Gasteiger partial charge in [0.2, 0.25) is 17.7 Å². The maximum Gasteiger partial charge on any atom is 0.408 e. The first kappa shape index (κ1) is 37.1. The number of anilines is 1. The molecule has 270 valence electrons. The Kier molecular flexibility index (Phi) is 11.8. The lowest BCUT2D eigenvalue weighted by molar-refractivity contribution is -0.132. The van der Waals surface area contributed by atoms with Gasteiger partial charge in [0.1, 0.15) is 17.2 Å². The van der Waals surface area contributed by atoms with Gasteiger partial charge in [0.05, 0.1) is 12.2 Å². The third-order valence-electron chi connectivity index (χ3n) is 8.97. The van der Waals surface area contributed by atoms with Crippen LogP contribution in [0.1, 0.15) is 77.3 Å². The van der Waals surface area contributed by atoms with E-state index < -0.39 is 41.0 Å². The van der Waals surface area contributed by atoms with Crippen molar-refractivity contribution in [2.24, 2.45) is 0 Å². The number of rotatable bonds is 13. The van der Waals surface area contributed by atoms with E-state index in [9.17, 15) is 19.2 Å². The molecule has 0 saturated carbocycles. The van der Waals surface area contributed by atoms with Gasteiger partial charge in [-0.05, 0) is 88.6 Å².